The van der Waals surface area contributed by atoms with Crippen LogP contribution in [0.4, 0.5) is 5.82 Å². The third-order valence-corrected chi connectivity index (χ3v) is 3.89. The van der Waals surface area contributed by atoms with Gasteiger partial charge in [-0.15, -0.1) is 0 Å². The summed E-state index contributed by atoms with van der Waals surface area (Å²) in [6.07, 6.45) is 10.0. The second kappa shape index (κ2) is 6.04. The van der Waals surface area contributed by atoms with Gasteiger partial charge in [-0.05, 0) is 50.2 Å². The Morgan fingerprint density at radius 2 is 2.06 bits per heavy atom. The van der Waals surface area contributed by atoms with Crippen LogP contribution in [0.15, 0.2) is 18.3 Å². The Kier molecular flexibility index (Phi) is 4.41. The van der Waals surface area contributed by atoms with E-state index in [0.717, 1.165) is 11.7 Å². The van der Waals surface area contributed by atoms with Crippen LogP contribution in [0.25, 0.3) is 0 Å². The molecule has 1 aromatic heterocycles. The summed E-state index contributed by atoms with van der Waals surface area (Å²) in [5, 5.41) is 3.60. The molecule has 1 aliphatic rings. The summed E-state index contributed by atoms with van der Waals surface area (Å²) in [5.41, 5.74) is 1.25. The van der Waals surface area contributed by atoms with Gasteiger partial charge in [-0.1, -0.05) is 25.8 Å². The summed E-state index contributed by atoms with van der Waals surface area (Å²) in [7, 11) is 0. The molecule has 0 amide bonds. The van der Waals surface area contributed by atoms with E-state index in [1.54, 1.807) is 0 Å². The van der Waals surface area contributed by atoms with Crippen molar-refractivity contribution in [3.05, 3.63) is 23.9 Å². The quantitative estimate of drug-likeness (QED) is 0.843. The Morgan fingerprint density at radius 1 is 1.29 bits per heavy atom. The molecule has 17 heavy (non-hydrogen) atoms. The molecule has 1 aromatic rings. The van der Waals surface area contributed by atoms with Crippen molar-refractivity contribution in [2.45, 2.75) is 58.4 Å². The summed E-state index contributed by atoms with van der Waals surface area (Å²) in [6, 6.07) is 4.76. The van der Waals surface area contributed by atoms with Crippen LogP contribution < -0.4 is 5.32 Å². The van der Waals surface area contributed by atoms with E-state index in [0.29, 0.717) is 6.04 Å². The average molecular weight is 232 g/mol. The van der Waals surface area contributed by atoms with Gasteiger partial charge in [-0.3, -0.25) is 0 Å². The van der Waals surface area contributed by atoms with Crippen molar-refractivity contribution < 1.29 is 0 Å². The SMILES string of the molecule is CCCC1CCC(Nc2ncccc2C)CC1. The molecule has 2 nitrogen and oxygen atoms in total. The number of hydrogen-bond acceptors (Lipinski definition) is 2. The standard InChI is InChI=1S/C15H24N2/c1-3-5-13-7-9-14(10-8-13)17-15-12(2)6-4-11-16-15/h4,6,11,13-14H,3,5,7-10H2,1-2H3,(H,16,17). The van der Waals surface area contributed by atoms with Gasteiger partial charge in [0.25, 0.3) is 0 Å². The third-order valence-electron chi connectivity index (χ3n) is 3.89. The molecule has 0 spiro atoms. The maximum Gasteiger partial charge on any atom is 0.129 e. The van der Waals surface area contributed by atoms with Crippen molar-refractivity contribution in [3.8, 4) is 0 Å². The molecule has 0 atom stereocenters. The molecule has 1 N–H and O–H groups in total. The predicted octanol–water partition coefficient (Wildman–Crippen LogP) is 4.16. The molecule has 0 unspecified atom stereocenters. The van der Waals surface area contributed by atoms with E-state index < -0.39 is 0 Å². The molecule has 0 bridgehead atoms. The van der Waals surface area contributed by atoms with E-state index >= 15 is 0 Å². The summed E-state index contributed by atoms with van der Waals surface area (Å²) >= 11 is 0. The minimum atomic E-state index is 0.636. The zero-order chi connectivity index (χ0) is 12.1. The van der Waals surface area contributed by atoms with Crippen LogP contribution in [-0.4, -0.2) is 11.0 Å². The van der Waals surface area contributed by atoms with Crippen molar-refractivity contribution in [1.29, 1.82) is 0 Å². The van der Waals surface area contributed by atoms with Crippen LogP contribution in [0.5, 0.6) is 0 Å². The Hall–Kier alpha value is -1.05. The van der Waals surface area contributed by atoms with Crippen molar-refractivity contribution in [3.63, 3.8) is 0 Å². The fourth-order valence-corrected chi connectivity index (χ4v) is 2.83. The van der Waals surface area contributed by atoms with Gasteiger partial charge in [0.05, 0.1) is 0 Å². The fourth-order valence-electron chi connectivity index (χ4n) is 2.83. The van der Waals surface area contributed by atoms with Crippen LogP contribution in [0.3, 0.4) is 0 Å². The third kappa shape index (κ3) is 3.45. The number of nitrogens with zero attached hydrogens (tertiary/aromatic N) is 1. The molecule has 1 heterocycles. The van der Waals surface area contributed by atoms with Crippen LogP contribution in [-0.2, 0) is 0 Å². The van der Waals surface area contributed by atoms with Crippen molar-refractivity contribution >= 4 is 5.82 Å². The van der Waals surface area contributed by atoms with Gasteiger partial charge in [0.1, 0.15) is 5.82 Å². The van der Waals surface area contributed by atoms with Crippen molar-refractivity contribution in [2.24, 2.45) is 5.92 Å². The predicted molar refractivity (Wildman–Crippen MR) is 73.3 cm³/mol. The van der Waals surface area contributed by atoms with Crippen LogP contribution in [0.1, 0.15) is 51.0 Å². The lowest BCUT2D eigenvalue weighted by atomic mass is 9.83. The van der Waals surface area contributed by atoms with Crippen molar-refractivity contribution in [1.82, 2.24) is 4.98 Å². The first-order valence-corrected chi connectivity index (χ1v) is 6.97. The summed E-state index contributed by atoms with van der Waals surface area (Å²) in [6.45, 7) is 4.42. The second-order valence-electron chi connectivity index (χ2n) is 5.32. The van der Waals surface area contributed by atoms with Gasteiger partial charge in [0, 0.05) is 12.2 Å². The first-order valence-electron chi connectivity index (χ1n) is 6.97. The lowest BCUT2D eigenvalue weighted by Gasteiger charge is -2.29. The number of hydrogen-bond donors (Lipinski definition) is 1. The molecule has 0 aromatic carbocycles. The van der Waals surface area contributed by atoms with Gasteiger partial charge in [-0.25, -0.2) is 4.98 Å². The smallest absolute Gasteiger partial charge is 0.129 e. The van der Waals surface area contributed by atoms with Crippen LogP contribution in [0.2, 0.25) is 0 Å². The molecule has 0 saturated heterocycles. The normalized spacial score (nSPS) is 24.6. The monoisotopic (exact) mass is 232 g/mol. The fraction of sp³-hybridized carbons (Fsp3) is 0.667. The number of aromatic nitrogens is 1. The zero-order valence-electron chi connectivity index (χ0n) is 11.1. The number of pyridine rings is 1. The highest BCUT2D eigenvalue weighted by molar-refractivity contribution is 5.43. The van der Waals surface area contributed by atoms with Crippen LogP contribution in [0, 0.1) is 12.8 Å². The summed E-state index contributed by atoms with van der Waals surface area (Å²) < 4.78 is 0. The van der Waals surface area contributed by atoms with E-state index in [4.69, 9.17) is 0 Å². The largest absolute Gasteiger partial charge is 0.367 e. The van der Waals surface area contributed by atoms with E-state index in [2.05, 4.69) is 30.2 Å². The van der Waals surface area contributed by atoms with E-state index in [-0.39, 0.29) is 0 Å². The molecule has 1 saturated carbocycles. The summed E-state index contributed by atoms with van der Waals surface area (Å²) in [4.78, 5) is 4.42. The number of anilines is 1. The molecular formula is C15H24N2. The highest BCUT2D eigenvalue weighted by atomic mass is 15.0. The molecule has 1 aliphatic carbocycles. The first kappa shape index (κ1) is 12.4. The van der Waals surface area contributed by atoms with Gasteiger partial charge in [-0.2, -0.15) is 0 Å². The Bertz CT molecular complexity index is 341. The van der Waals surface area contributed by atoms with Gasteiger partial charge in [0.2, 0.25) is 0 Å². The van der Waals surface area contributed by atoms with Crippen LogP contribution >= 0.6 is 0 Å². The average Bonchev–Trinajstić information content (AvgIpc) is 2.35. The Morgan fingerprint density at radius 3 is 2.71 bits per heavy atom. The topological polar surface area (TPSA) is 24.9 Å². The minimum absolute atomic E-state index is 0.636. The molecule has 0 aliphatic heterocycles. The van der Waals surface area contributed by atoms with Gasteiger partial charge in [0.15, 0.2) is 0 Å². The number of aryl methyl sites for hydroxylation is 1. The summed E-state index contributed by atoms with van der Waals surface area (Å²) in [5.74, 6) is 2.05. The Balaban J connectivity index is 1.84. The second-order valence-corrected chi connectivity index (χ2v) is 5.32. The van der Waals surface area contributed by atoms with E-state index in [1.807, 2.05) is 12.3 Å². The number of rotatable bonds is 4. The molecule has 94 valence electrons. The number of nitrogens with one attached hydrogen (secondary N) is 1. The maximum atomic E-state index is 4.42. The minimum Gasteiger partial charge on any atom is -0.367 e. The highest BCUT2D eigenvalue weighted by Crippen LogP contribution is 2.29. The molecule has 2 heteroatoms. The molecule has 0 radical (unpaired) electrons. The molecule has 2 rings (SSSR count). The zero-order valence-corrected chi connectivity index (χ0v) is 11.1. The van der Waals surface area contributed by atoms with E-state index in [1.165, 1.54) is 44.1 Å². The van der Waals surface area contributed by atoms with Gasteiger partial charge >= 0.3 is 0 Å². The van der Waals surface area contributed by atoms with Gasteiger partial charge < -0.3 is 5.32 Å². The molecule has 1 fully saturated rings. The lowest BCUT2D eigenvalue weighted by Crippen LogP contribution is -2.26. The first-order chi connectivity index (χ1) is 8.29. The van der Waals surface area contributed by atoms with E-state index in [9.17, 15) is 0 Å². The molecular weight excluding hydrogens is 208 g/mol. The highest BCUT2D eigenvalue weighted by Gasteiger charge is 2.20. The maximum absolute atomic E-state index is 4.42. The van der Waals surface area contributed by atoms with Crippen molar-refractivity contribution in [2.75, 3.05) is 5.32 Å². The lowest BCUT2D eigenvalue weighted by molar-refractivity contribution is 0.318. The Labute approximate surface area is 105 Å².